The Labute approximate surface area is 153 Å². The van der Waals surface area contributed by atoms with Gasteiger partial charge in [0.05, 0.1) is 0 Å². The van der Waals surface area contributed by atoms with Gasteiger partial charge in [-0.15, -0.1) is 0 Å². The number of hydrogen-bond acceptors (Lipinski definition) is 2. The number of halogens is 1. The van der Waals surface area contributed by atoms with Gasteiger partial charge in [0.1, 0.15) is 6.79 Å². The van der Waals surface area contributed by atoms with Gasteiger partial charge in [-0.3, -0.25) is 0 Å². The molecule has 20 heavy (non-hydrogen) atoms. The molecule has 0 aromatic heterocycles. The molecule has 0 aliphatic heterocycles. The summed E-state index contributed by atoms with van der Waals surface area (Å²) in [5.41, 5.74) is 0. The Morgan fingerprint density at radius 2 is 1.25 bits per heavy atom. The molecule has 0 radical (unpaired) electrons. The van der Waals surface area contributed by atoms with Crippen molar-refractivity contribution in [2.24, 2.45) is 0 Å². The number of hydrogen-bond donors (Lipinski definition) is 0. The normalized spacial score (nSPS) is 9.90. The minimum absolute atomic E-state index is 0. The van der Waals surface area contributed by atoms with Crippen LogP contribution in [0, 0.1) is 6.42 Å². The zero-order chi connectivity index (χ0) is 13.3. The maximum atomic E-state index is 5.43. The molecule has 0 saturated heterocycles. The first-order chi connectivity index (χ1) is 8.91. The molecule has 0 spiro atoms. The topological polar surface area (TPSA) is 18.5 Å². The van der Waals surface area contributed by atoms with Crippen molar-refractivity contribution in [2.45, 2.75) is 78.1 Å². The Bertz CT molecular complexity index is 132. The third-order valence-electron chi connectivity index (χ3n) is 3.09. The standard InChI is InChI=1S/C16H33O2.BrH.Mg/c1-3-5-7-8-9-10-11-13-15-18-16-17-14-12-6-4-2;;/h4H,3,5-16H2,1-2H3;1H;/q-1;;+2/p-1. The summed E-state index contributed by atoms with van der Waals surface area (Å²) >= 11 is 0. The van der Waals surface area contributed by atoms with Gasteiger partial charge in [-0.25, -0.2) is 0 Å². The van der Waals surface area contributed by atoms with Crippen LogP contribution >= 0.6 is 0 Å². The first-order valence-corrected chi connectivity index (χ1v) is 7.85. The minimum atomic E-state index is 0. The zero-order valence-electron chi connectivity index (χ0n) is 13.7. The predicted molar refractivity (Wildman–Crippen MR) is 84.3 cm³/mol. The van der Waals surface area contributed by atoms with Gasteiger partial charge in [-0.05, 0) is 6.42 Å². The van der Waals surface area contributed by atoms with Gasteiger partial charge in [0.15, 0.2) is 0 Å². The van der Waals surface area contributed by atoms with E-state index in [1.807, 2.05) is 0 Å². The summed E-state index contributed by atoms with van der Waals surface area (Å²) in [7, 11) is 0. The summed E-state index contributed by atoms with van der Waals surface area (Å²) in [4.78, 5) is 0. The van der Waals surface area contributed by atoms with E-state index < -0.39 is 0 Å². The summed E-state index contributed by atoms with van der Waals surface area (Å²) < 4.78 is 10.8. The average molecular weight is 362 g/mol. The van der Waals surface area contributed by atoms with Crippen molar-refractivity contribution in [1.29, 1.82) is 0 Å². The van der Waals surface area contributed by atoms with Gasteiger partial charge >= 0.3 is 23.1 Å². The van der Waals surface area contributed by atoms with Crippen LogP contribution in [0.3, 0.4) is 0 Å². The van der Waals surface area contributed by atoms with E-state index in [9.17, 15) is 0 Å². The van der Waals surface area contributed by atoms with Crippen molar-refractivity contribution >= 4 is 23.1 Å². The first kappa shape index (κ1) is 26.1. The Morgan fingerprint density at radius 1 is 0.750 bits per heavy atom. The second kappa shape index (κ2) is 25.1. The summed E-state index contributed by atoms with van der Waals surface area (Å²) in [6.45, 7) is 6.50. The van der Waals surface area contributed by atoms with Crippen LogP contribution in [0.5, 0.6) is 0 Å². The quantitative estimate of drug-likeness (QED) is 0.191. The largest absolute Gasteiger partial charge is 2.00 e. The third-order valence-corrected chi connectivity index (χ3v) is 3.09. The molecule has 0 bridgehead atoms. The van der Waals surface area contributed by atoms with E-state index in [2.05, 4.69) is 20.3 Å². The fourth-order valence-corrected chi connectivity index (χ4v) is 1.90. The van der Waals surface area contributed by atoms with Gasteiger partial charge in [0.2, 0.25) is 0 Å². The Balaban J connectivity index is -0.00000144. The van der Waals surface area contributed by atoms with Crippen LogP contribution in [0.4, 0.5) is 0 Å². The second-order valence-corrected chi connectivity index (χ2v) is 4.96. The van der Waals surface area contributed by atoms with Gasteiger partial charge in [0, 0.05) is 13.2 Å². The van der Waals surface area contributed by atoms with Gasteiger partial charge in [-0.2, -0.15) is 13.3 Å². The van der Waals surface area contributed by atoms with E-state index in [0.717, 1.165) is 26.1 Å². The van der Waals surface area contributed by atoms with Crippen molar-refractivity contribution in [1.82, 2.24) is 0 Å². The van der Waals surface area contributed by atoms with Crippen LogP contribution in [-0.2, 0) is 9.47 Å². The van der Waals surface area contributed by atoms with Crippen LogP contribution in [0.15, 0.2) is 0 Å². The van der Waals surface area contributed by atoms with Crippen LogP contribution in [0.2, 0.25) is 0 Å². The van der Waals surface area contributed by atoms with Crippen LogP contribution in [-0.4, -0.2) is 43.1 Å². The molecule has 0 aromatic carbocycles. The van der Waals surface area contributed by atoms with E-state index >= 15 is 0 Å². The molecule has 0 fully saturated rings. The summed E-state index contributed by atoms with van der Waals surface area (Å²) in [5, 5.41) is 0. The Morgan fingerprint density at radius 3 is 1.80 bits per heavy atom. The van der Waals surface area contributed by atoms with Gasteiger partial charge in [0.25, 0.3) is 0 Å². The summed E-state index contributed by atoms with van der Waals surface area (Å²) in [6.07, 6.45) is 15.2. The van der Waals surface area contributed by atoms with Crippen molar-refractivity contribution in [3.8, 4) is 0 Å². The van der Waals surface area contributed by atoms with Gasteiger partial charge < -0.3 is 32.9 Å². The van der Waals surface area contributed by atoms with Crippen molar-refractivity contribution in [3.63, 3.8) is 0 Å². The molecule has 118 valence electrons. The number of rotatable bonds is 15. The molecule has 0 amide bonds. The molecule has 0 heterocycles. The maximum Gasteiger partial charge on any atom is 2.00 e. The monoisotopic (exact) mass is 360 g/mol. The summed E-state index contributed by atoms with van der Waals surface area (Å²) in [5.74, 6) is 0. The molecule has 0 N–H and O–H groups in total. The SMILES string of the molecule is C[CH-]CCCOCOCCCCCCCCCC.[Br-].[Mg+2]. The van der Waals surface area contributed by atoms with Crippen molar-refractivity contribution in [3.05, 3.63) is 6.42 Å². The van der Waals surface area contributed by atoms with E-state index in [1.54, 1.807) is 0 Å². The van der Waals surface area contributed by atoms with E-state index in [0.29, 0.717) is 6.79 Å². The molecule has 0 aromatic rings. The Hall–Kier alpha value is 1.17. The van der Waals surface area contributed by atoms with E-state index in [1.165, 1.54) is 51.4 Å². The maximum absolute atomic E-state index is 5.43. The molecule has 2 nitrogen and oxygen atoms in total. The number of ether oxygens (including phenoxy) is 2. The molecular weight excluding hydrogens is 328 g/mol. The molecular formula is C16H33BrMgO2. The molecule has 0 saturated carbocycles. The fraction of sp³-hybridized carbons (Fsp3) is 0.938. The first-order valence-electron chi connectivity index (χ1n) is 7.85. The molecule has 0 aliphatic rings. The smallest absolute Gasteiger partial charge is 1.00 e. The van der Waals surface area contributed by atoms with Crippen LogP contribution in [0.25, 0.3) is 0 Å². The third kappa shape index (κ3) is 24.2. The molecule has 0 unspecified atom stereocenters. The fourth-order valence-electron chi connectivity index (χ4n) is 1.90. The minimum Gasteiger partial charge on any atom is -1.00 e. The van der Waals surface area contributed by atoms with E-state index in [4.69, 9.17) is 9.47 Å². The Kier molecular flexibility index (Phi) is 32.8. The molecule has 0 rings (SSSR count). The second-order valence-electron chi connectivity index (χ2n) is 4.96. The zero-order valence-corrected chi connectivity index (χ0v) is 16.7. The van der Waals surface area contributed by atoms with Crippen molar-refractivity contribution in [2.75, 3.05) is 20.0 Å². The average Bonchev–Trinajstić information content (AvgIpc) is 2.39. The van der Waals surface area contributed by atoms with Crippen molar-refractivity contribution < 1.29 is 26.5 Å². The molecule has 4 heteroatoms. The molecule has 0 atom stereocenters. The summed E-state index contributed by atoms with van der Waals surface area (Å²) in [6, 6.07) is 0. The van der Waals surface area contributed by atoms with E-state index in [-0.39, 0.29) is 40.0 Å². The van der Waals surface area contributed by atoms with Crippen LogP contribution < -0.4 is 17.0 Å². The van der Waals surface area contributed by atoms with Gasteiger partial charge in [-0.1, -0.05) is 58.3 Å². The number of unbranched alkanes of at least 4 members (excludes halogenated alkanes) is 9. The van der Waals surface area contributed by atoms with Crippen LogP contribution in [0.1, 0.15) is 78.1 Å². The molecule has 0 aliphatic carbocycles. The predicted octanol–water partition coefficient (Wildman–Crippen LogP) is 1.75.